The predicted octanol–water partition coefficient (Wildman–Crippen LogP) is 2.73. The molecule has 0 atom stereocenters. The van der Waals surface area contributed by atoms with Crippen LogP contribution in [0.15, 0.2) is 42.5 Å². The summed E-state index contributed by atoms with van der Waals surface area (Å²) in [6.07, 6.45) is 1.14. The van der Waals surface area contributed by atoms with E-state index >= 15 is 0 Å². The molecule has 1 saturated heterocycles. The molecule has 6 nitrogen and oxygen atoms in total. The lowest BCUT2D eigenvalue weighted by molar-refractivity contribution is -0.129. The van der Waals surface area contributed by atoms with Crippen molar-refractivity contribution in [2.45, 2.75) is 20.8 Å². The number of hydrogen-bond acceptors (Lipinski definition) is 4. The Labute approximate surface area is 173 Å². The zero-order valence-corrected chi connectivity index (χ0v) is 18.4. The summed E-state index contributed by atoms with van der Waals surface area (Å²) in [4.78, 5) is 16.9. The number of sulfonamides is 1. The Kier molecular flexibility index (Phi) is 6.17. The molecule has 1 fully saturated rings. The molecule has 0 saturated carbocycles. The van der Waals surface area contributed by atoms with Gasteiger partial charge in [-0.1, -0.05) is 29.8 Å². The number of anilines is 2. The third-order valence-corrected chi connectivity index (χ3v) is 6.69. The van der Waals surface area contributed by atoms with Crippen molar-refractivity contribution in [1.82, 2.24) is 4.90 Å². The molecule has 29 heavy (non-hydrogen) atoms. The van der Waals surface area contributed by atoms with Gasteiger partial charge in [-0.25, -0.2) is 8.42 Å². The maximum Gasteiger partial charge on any atom is 0.243 e. The highest BCUT2D eigenvalue weighted by Gasteiger charge is 2.27. The van der Waals surface area contributed by atoms with Crippen molar-refractivity contribution in [3.63, 3.8) is 0 Å². The van der Waals surface area contributed by atoms with E-state index in [1.807, 2.05) is 19.1 Å². The van der Waals surface area contributed by atoms with Crippen LogP contribution in [-0.2, 0) is 14.8 Å². The van der Waals surface area contributed by atoms with E-state index in [1.54, 1.807) is 17.0 Å². The second-order valence-corrected chi connectivity index (χ2v) is 9.60. The highest BCUT2D eigenvalue weighted by Crippen LogP contribution is 2.24. The summed E-state index contributed by atoms with van der Waals surface area (Å²) in [5, 5.41) is 0. The highest BCUT2D eigenvalue weighted by molar-refractivity contribution is 7.92. The summed E-state index contributed by atoms with van der Waals surface area (Å²) in [7, 11) is -3.55. The van der Waals surface area contributed by atoms with Crippen LogP contribution >= 0.6 is 0 Å². The number of benzene rings is 2. The lowest BCUT2D eigenvalue weighted by Crippen LogP contribution is -2.52. The van der Waals surface area contributed by atoms with E-state index in [9.17, 15) is 13.2 Å². The largest absolute Gasteiger partial charge is 0.368 e. The number of amides is 1. The van der Waals surface area contributed by atoms with Crippen LogP contribution in [0.1, 0.15) is 16.7 Å². The molecule has 0 bridgehead atoms. The molecule has 1 aliphatic heterocycles. The molecule has 0 N–H and O–H groups in total. The van der Waals surface area contributed by atoms with Crippen molar-refractivity contribution in [3.8, 4) is 0 Å². The fourth-order valence-electron chi connectivity index (χ4n) is 3.61. The molecule has 2 aromatic rings. The molecule has 2 aromatic carbocycles. The molecule has 0 radical (unpaired) electrons. The van der Waals surface area contributed by atoms with E-state index in [0.29, 0.717) is 18.8 Å². The molecule has 7 heteroatoms. The average Bonchev–Trinajstić information content (AvgIpc) is 2.68. The zero-order chi connectivity index (χ0) is 21.2. The van der Waals surface area contributed by atoms with Crippen LogP contribution in [0.3, 0.4) is 0 Å². The van der Waals surface area contributed by atoms with E-state index < -0.39 is 10.0 Å². The summed E-state index contributed by atoms with van der Waals surface area (Å²) < 4.78 is 25.8. The van der Waals surface area contributed by atoms with Crippen molar-refractivity contribution >= 4 is 27.3 Å². The smallest absolute Gasteiger partial charge is 0.243 e. The van der Waals surface area contributed by atoms with Crippen LogP contribution in [0.25, 0.3) is 0 Å². The number of carbonyl (C=O) groups excluding carboxylic acids is 1. The molecule has 1 amide bonds. The maximum absolute atomic E-state index is 12.9. The van der Waals surface area contributed by atoms with Gasteiger partial charge in [-0.2, -0.15) is 0 Å². The minimum absolute atomic E-state index is 0.170. The van der Waals surface area contributed by atoms with E-state index in [0.717, 1.165) is 24.9 Å². The number of rotatable bonds is 5. The van der Waals surface area contributed by atoms with Gasteiger partial charge in [0.05, 0.1) is 11.9 Å². The Balaban J connectivity index is 1.68. The third-order valence-electron chi connectivity index (χ3n) is 5.55. The van der Waals surface area contributed by atoms with Gasteiger partial charge in [-0.05, 0) is 50.1 Å². The van der Waals surface area contributed by atoms with Crippen LogP contribution in [0.2, 0.25) is 0 Å². The van der Waals surface area contributed by atoms with Crippen molar-refractivity contribution in [2.24, 2.45) is 0 Å². The quantitative estimate of drug-likeness (QED) is 0.753. The third kappa shape index (κ3) is 4.90. The van der Waals surface area contributed by atoms with Gasteiger partial charge in [0.1, 0.15) is 6.54 Å². The summed E-state index contributed by atoms with van der Waals surface area (Å²) in [6, 6.07) is 13.4. The summed E-state index contributed by atoms with van der Waals surface area (Å²) in [6.45, 7) is 8.62. The Morgan fingerprint density at radius 2 is 1.59 bits per heavy atom. The first kappa shape index (κ1) is 21.2. The van der Waals surface area contributed by atoms with E-state index in [4.69, 9.17) is 0 Å². The van der Waals surface area contributed by atoms with Crippen LogP contribution in [-0.4, -0.2) is 58.2 Å². The molecule has 0 spiro atoms. The second kappa shape index (κ2) is 8.45. The summed E-state index contributed by atoms with van der Waals surface area (Å²) >= 11 is 0. The van der Waals surface area contributed by atoms with Gasteiger partial charge in [0, 0.05) is 31.9 Å². The molecule has 3 rings (SSSR count). The highest BCUT2D eigenvalue weighted by atomic mass is 32.2. The summed E-state index contributed by atoms with van der Waals surface area (Å²) in [5.41, 5.74) is 5.27. The molecular weight excluding hydrogens is 386 g/mol. The molecule has 1 heterocycles. The first-order valence-electron chi connectivity index (χ1n) is 9.80. The molecule has 156 valence electrons. The fraction of sp³-hybridized carbons (Fsp3) is 0.409. The van der Waals surface area contributed by atoms with Gasteiger partial charge in [0.2, 0.25) is 15.9 Å². The Morgan fingerprint density at radius 1 is 0.966 bits per heavy atom. The predicted molar refractivity (Wildman–Crippen MR) is 118 cm³/mol. The lowest BCUT2D eigenvalue weighted by Gasteiger charge is -2.37. The van der Waals surface area contributed by atoms with Gasteiger partial charge >= 0.3 is 0 Å². The molecule has 0 aliphatic carbocycles. The number of nitrogens with zero attached hydrogens (tertiary/aromatic N) is 3. The van der Waals surface area contributed by atoms with E-state index in [2.05, 4.69) is 36.9 Å². The van der Waals surface area contributed by atoms with E-state index in [-0.39, 0.29) is 12.5 Å². The minimum Gasteiger partial charge on any atom is -0.368 e. The first-order chi connectivity index (χ1) is 13.7. The second-order valence-electron chi connectivity index (χ2n) is 7.69. The number of aryl methyl sites for hydroxylation is 2. The van der Waals surface area contributed by atoms with Gasteiger partial charge in [-0.3, -0.25) is 9.10 Å². The van der Waals surface area contributed by atoms with Gasteiger partial charge in [0.25, 0.3) is 0 Å². The Morgan fingerprint density at radius 3 is 2.17 bits per heavy atom. The van der Waals surface area contributed by atoms with Gasteiger partial charge in [0.15, 0.2) is 0 Å². The maximum atomic E-state index is 12.9. The normalized spacial score (nSPS) is 14.8. The minimum atomic E-state index is -3.55. The van der Waals surface area contributed by atoms with Crippen LogP contribution < -0.4 is 9.21 Å². The molecular formula is C22H29N3O3S. The van der Waals surface area contributed by atoms with E-state index in [1.165, 1.54) is 21.1 Å². The number of piperazine rings is 1. The van der Waals surface area contributed by atoms with Crippen molar-refractivity contribution in [3.05, 3.63) is 59.2 Å². The first-order valence-corrected chi connectivity index (χ1v) is 11.6. The molecule has 1 aliphatic rings. The van der Waals surface area contributed by atoms with Gasteiger partial charge in [-0.15, -0.1) is 0 Å². The average molecular weight is 416 g/mol. The standard InChI is InChI=1S/C22H29N3O3S/c1-17-8-10-20(11-9-17)25(29(4,27)28)16-22(26)24-14-12-23(13-15-24)21-7-5-6-18(2)19(21)3/h5-11H,12-16H2,1-4H3. The molecule has 0 unspecified atom stereocenters. The fourth-order valence-corrected chi connectivity index (χ4v) is 4.46. The van der Waals surface area contributed by atoms with Crippen molar-refractivity contribution in [1.29, 1.82) is 0 Å². The van der Waals surface area contributed by atoms with Gasteiger partial charge < -0.3 is 9.80 Å². The summed E-state index contributed by atoms with van der Waals surface area (Å²) in [5.74, 6) is -0.170. The zero-order valence-electron chi connectivity index (χ0n) is 17.6. The van der Waals surface area contributed by atoms with Crippen LogP contribution in [0.4, 0.5) is 11.4 Å². The van der Waals surface area contributed by atoms with Crippen LogP contribution in [0.5, 0.6) is 0 Å². The Bertz CT molecular complexity index is 979. The van der Waals surface area contributed by atoms with Crippen molar-refractivity contribution < 1.29 is 13.2 Å². The monoisotopic (exact) mass is 415 g/mol. The molecule has 0 aromatic heterocycles. The Hall–Kier alpha value is -2.54. The SMILES string of the molecule is Cc1ccc(N(CC(=O)N2CCN(c3cccc(C)c3C)CC2)S(C)(=O)=O)cc1. The number of hydrogen-bond donors (Lipinski definition) is 0. The van der Waals surface area contributed by atoms with Crippen molar-refractivity contribution in [2.75, 3.05) is 48.2 Å². The topological polar surface area (TPSA) is 60.9 Å². The number of carbonyl (C=O) groups is 1. The van der Waals surface area contributed by atoms with Crippen LogP contribution in [0, 0.1) is 20.8 Å². The lowest BCUT2D eigenvalue weighted by atomic mass is 10.1.